The van der Waals surface area contributed by atoms with Gasteiger partial charge in [0.05, 0.1) is 0 Å². The molecule has 16 heavy (non-hydrogen) atoms. The second kappa shape index (κ2) is 3.93. The van der Waals surface area contributed by atoms with Crippen LogP contribution < -0.4 is 0 Å². The summed E-state index contributed by atoms with van der Waals surface area (Å²) >= 11 is 0. The van der Waals surface area contributed by atoms with Crippen LogP contribution in [0.1, 0.15) is 29.1 Å². The van der Waals surface area contributed by atoms with Gasteiger partial charge in [-0.3, -0.25) is 9.59 Å². The Kier molecular flexibility index (Phi) is 2.60. The highest BCUT2D eigenvalue weighted by atomic mass is 16.3. The number of aryl methyl sites for hydroxylation is 2. The molecule has 1 aromatic rings. The van der Waals surface area contributed by atoms with Gasteiger partial charge in [-0.05, 0) is 37.1 Å². The minimum atomic E-state index is 0.389. The lowest BCUT2D eigenvalue weighted by atomic mass is 10.1. The third-order valence-electron chi connectivity index (χ3n) is 2.73. The second-order valence-corrected chi connectivity index (χ2v) is 3.89. The van der Waals surface area contributed by atoms with E-state index in [1.165, 1.54) is 0 Å². The van der Waals surface area contributed by atoms with Crippen molar-refractivity contribution in [1.29, 1.82) is 0 Å². The molecule has 0 unspecified atom stereocenters. The fourth-order valence-electron chi connectivity index (χ4n) is 1.94. The van der Waals surface area contributed by atoms with Crippen LogP contribution in [0, 0.1) is 13.8 Å². The minimum absolute atomic E-state index is 0.389. The molecule has 1 heterocycles. The van der Waals surface area contributed by atoms with Gasteiger partial charge < -0.3 is 4.42 Å². The normalized spacial score (nSPS) is 14.6. The van der Waals surface area contributed by atoms with Gasteiger partial charge in [-0.15, -0.1) is 0 Å². The van der Waals surface area contributed by atoms with E-state index < -0.39 is 0 Å². The summed E-state index contributed by atoms with van der Waals surface area (Å²) in [5, 5.41) is 0. The summed E-state index contributed by atoms with van der Waals surface area (Å²) in [6.07, 6.45) is 5.55. The minimum Gasteiger partial charge on any atom is -0.465 e. The van der Waals surface area contributed by atoms with Crippen LogP contribution in [0.4, 0.5) is 0 Å². The Hall–Kier alpha value is -1.90. The van der Waals surface area contributed by atoms with Gasteiger partial charge in [-0.2, -0.15) is 0 Å². The maximum Gasteiger partial charge on any atom is 0.146 e. The molecule has 0 bridgehead atoms. The van der Waals surface area contributed by atoms with E-state index in [-0.39, 0.29) is 0 Å². The van der Waals surface area contributed by atoms with Gasteiger partial charge in [0.25, 0.3) is 0 Å². The first-order chi connectivity index (χ1) is 7.65. The van der Waals surface area contributed by atoms with E-state index in [1.807, 2.05) is 13.8 Å². The van der Waals surface area contributed by atoms with E-state index in [1.54, 1.807) is 12.2 Å². The zero-order valence-corrected chi connectivity index (χ0v) is 9.24. The summed E-state index contributed by atoms with van der Waals surface area (Å²) in [6, 6.07) is 0. The van der Waals surface area contributed by atoms with Gasteiger partial charge in [-0.1, -0.05) is 0 Å². The number of carbonyl (C=O) groups excluding carboxylic acids is 2. The van der Waals surface area contributed by atoms with Crippen LogP contribution in [0.3, 0.4) is 0 Å². The number of furan rings is 1. The largest absolute Gasteiger partial charge is 0.465 e. The van der Waals surface area contributed by atoms with Crippen molar-refractivity contribution in [2.75, 3.05) is 0 Å². The molecule has 1 aromatic heterocycles. The zero-order chi connectivity index (χ0) is 11.7. The van der Waals surface area contributed by atoms with Crippen molar-refractivity contribution in [3.63, 3.8) is 0 Å². The molecule has 0 aromatic carbocycles. The van der Waals surface area contributed by atoms with E-state index in [0.29, 0.717) is 17.6 Å². The molecule has 0 saturated heterocycles. The van der Waals surface area contributed by atoms with E-state index in [0.717, 1.165) is 35.2 Å². The molecule has 3 nitrogen and oxygen atoms in total. The number of allylic oxidation sites excluding steroid dienone is 2. The maximum absolute atomic E-state index is 10.9. The van der Waals surface area contributed by atoms with E-state index in [2.05, 4.69) is 0 Å². The average molecular weight is 216 g/mol. The smallest absolute Gasteiger partial charge is 0.146 e. The Morgan fingerprint density at radius 2 is 1.44 bits per heavy atom. The first-order valence-electron chi connectivity index (χ1n) is 5.07. The first-order valence-corrected chi connectivity index (χ1v) is 5.07. The van der Waals surface area contributed by atoms with Gasteiger partial charge in [0.1, 0.15) is 24.1 Å². The SMILES string of the molecule is Cc1oc(C)c2c1C=C(C=O)CC(C=O)=C2. The van der Waals surface area contributed by atoms with Crippen molar-refractivity contribution in [2.45, 2.75) is 20.3 Å². The number of aldehydes is 2. The fraction of sp³-hybridized carbons (Fsp3) is 0.231. The maximum atomic E-state index is 10.9. The first kappa shape index (κ1) is 10.6. The summed E-state index contributed by atoms with van der Waals surface area (Å²) in [6.45, 7) is 3.70. The van der Waals surface area contributed by atoms with Gasteiger partial charge >= 0.3 is 0 Å². The second-order valence-electron chi connectivity index (χ2n) is 3.89. The molecule has 0 atom stereocenters. The topological polar surface area (TPSA) is 47.3 Å². The van der Waals surface area contributed by atoms with Crippen LogP contribution in [0.25, 0.3) is 12.2 Å². The molecular weight excluding hydrogens is 204 g/mol. The Balaban J connectivity index is 2.69. The summed E-state index contributed by atoms with van der Waals surface area (Å²) in [7, 11) is 0. The van der Waals surface area contributed by atoms with Crippen LogP contribution in [0.2, 0.25) is 0 Å². The van der Waals surface area contributed by atoms with Crippen molar-refractivity contribution in [2.24, 2.45) is 0 Å². The van der Waals surface area contributed by atoms with Crippen molar-refractivity contribution < 1.29 is 14.0 Å². The number of rotatable bonds is 2. The zero-order valence-electron chi connectivity index (χ0n) is 9.24. The molecule has 0 radical (unpaired) electrons. The van der Waals surface area contributed by atoms with E-state index in [9.17, 15) is 9.59 Å². The quantitative estimate of drug-likeness (QED) is 0.713. The molecule has 3 heteroatoms. The van der Waals surface area contributed by atoms with Gasteiger partial charge in [0.15, 0.2) is 0 Å². The summed E-state index contributed by atoms with van der Waals surface area (Å²) < 4.78 is 5.49. The molecule has 0 fully saturated rings. The van der Waals surface area contributed by atoms with Crippen LogP contribution in [0.5, 0.6) is 0 Å². The van der Waals surface area contributed by atoms with E-state index >= 15 is 0 Å². The Labute approximate surface area is 93.4 Å². The predicted molar refractivity (Wildman–Crippen MR) is 60.9 cm³/mol. The number of hydrogen-bond acceptors (Lipinski definition) is 3. The molecule has 0 aliphatic heterocycles. The molecular formula is C13H12O3. The third kappa shape index (κ3) is 1.65. The summed E-state index contributed by atoms with van der Waals surface area (Å²) in [5.41, 5.74) is 3.00. The number of hydrogen-bond donors (Lipinski definition) is 0. The van der Waals surface area contributed by atoms with Crippen LogP contribution in [-0.4, -0.2) is 12.6 Å². The highest BCUT2D eigenvalue weighted by Gasteiger charge is 2.16. The molecule has 1 aliphatic rings. The molecule has 0 N–H and O–H groups in total. The molecule has 0 amide bonds. The summed E-state index contributed by atoms with van der Waals surface area (Å²) in [5.74, 6) is 1.55. The Morgan fingerprint density at radius 3 is 1.81 bits per heavy atom. The Bertz CT molecular complexity index is 471. The van der Waals surface area contributed by atoms with Crippen LogP contribution >= 0.6 is 0 Å². The van der Waals surface area contributed by atoms with Gasteiger partial charge in [0.2, 0.25) is 0 Å². The lowest BCUT2D eigenvalue weighted by molar-refractivity contribution is -0.105. The standard InChI is InChI=1S/C13H12O3/c1-8-12-4-10(6-14)3-11(7-15)5-13(12)9(2)16-8/h4-7H,3H2,1-2H3. The van der Waals surface area contributed by atoms with Crippen molar-refractivity contribution in [3.8, 4) is 0 Å². The summed E-state index contributed by atoms with van der Waals surface area (Å²) in [4.78, 5) is 21.7. The fourth-order valence-corrected chi connectivity index (χ4v) is 1.94. The van der Waals surface area contributed by atoms with Crippen molar-refractivity contribution in [3.05, 3.63) is 33.8 Å². The van der Waals surface area contributed by atoms with E-state index in [4.69, 9.17) is 4.42 Å². The third-order valence-corrected chi connectivity index (χ3v) is 2.73. The lowest BCUT2D eigenvalue weighted by Crippen LogP contribution is -1.89. The van der Waals surface area contributed by atoms with Crippen LogP contribution in [-0.2, 0) is 9.59 Å². The molecule has 0 saturated carbocycles. The molecule has 0 spiro atoms. The van der Waals surface area contributed by atoms with Crippen molar-refractivity contribution in [1.82, 2.24) is 0 Å². The molecule has 82 valence electrons. The lowest BCUT2D eigenvalue weighted by Gasteiger charge is -1.95. The predicted octanol–water partition coefficient (Wildman–Crippen LogP) is 2.46. The molecule has 1 aliphatic carbocycles. The monoisotopic (exact) mass is 216 g/mol. The highest BCUT2D eigenvalue weighted by molar-refractivity contribution is 5.93. The Morgan fingerprint density at radius 1 is 1.00 bits per heavy atom. The highest BCUT2D eigenvalue weighted by Crippen LogP contribution is 2.30. The van der Waals surface area contributed by atoms with Gasteiger partial charge in [-0.25, -0.2) is 0 Å². The number of carbonyl (C=O) groups is 2. The molecule has 2 rings (SSSR count). The van der Waals surface area contributed by atoms with Gasteiger partial charge in [0, 0.05) is 17.5 Å². The average Bonchev–Trinajstić information content (AvgIpc) is 2.48. The van der Waals surface area contributed by atoms with Crippen LogP contribution in [0.15, 0.2) is 15.6 Å². The number of fused-ring (bicyclic) bond motifs is 1. The van der Waals surface area contributed by atoms with Crippen molar-refractivity contribution >= 4 is 24.7 Å².